The van der Waals surface area contributed by atoms with E-state index in [1.54, 1.807) is 0 Å². The molecule has 3 atom stereocenters. The Kier molecular flexibility index (Phi) is 3.42. The highest BCUT2D eigenvalue weighted by Crippen LogP contribution is 2.18. The summed E-state index contributed by atoms with van der Waals surface area (Å²) in [4.78, 5) is 2.52. The molecule has 2 fully saturated rings. The zero-order valence-corrected chi connectivity index (χ0v) is 9.11. The van der Waals surface area contributed by atoms with Crippen LogP contribution in [0.4, 0.5) is 0 Å². The molecule has 2 N–H and O–H groups in total. The molecule has 0 amide bonds. The first-order chi connectivity index (χ1) is 6.75. The van der Waals surface area contributed by atoms with Gasteiger partial charge in [-0.25, -0.2) is 0 Å². The minimum Gasteiger partial charge on any atom is -0.377 e. The second-order valence-corrected chi connectivity index (χ2v) is 4.82. The molecule has 2 aliphatic heterocycles. The summed E-state index contributed by atoms with van der Waals surface area (Å²) in [7, 11) is 0. The number of hydrogen-bond donors (Lipinski definition) is 1. The van der Waals surface area contributed by atoms with Gasteiger partial charge in [0.05, 0.1) is 6.10 Å². The quantitative estimate of drug-likeness (QED) is 0.714. The lowest BCUT2D eigenvalue weighted by Gasteiger charge is -2.36. The van der Waals surface area contributed by atoms with Gasteiger partial charge in [-0.05, 0) is 31.7 Å². The van der Waals surface area contributed by atoms with Gasteiger partial charge in [-0.15, -0.1) is 0 Å². The van der Waals surface area contributed by atoms with Crippen LogP contribution in [0.5, 0.6) is 0 Å². The van der Waals surface area contributed by atoms with Gasteiger partial charge in [0.15, 0.2) is 0 Å². The van der Waals surface area contributed by atoms with E-state index in [9.17, 15) is 0 Å². The molecule has 2 aliphatic rings. The number of nitrogens with two attached hydrogens (primary N) is 1. The largest absolute Gasteiger partial charge is 0.377 e. The molecule has 0 aromatic heterocycles. The highest BCUT2D eigenvalue weighted by atomic mass is 16.5. The fourth-order valence-corrected chi connectivity index (χ4v) is 2.49. The number of rotatable bonds is 2. The van der Waals surface area contributed by atoms with Gasteiger partial charge in [-0.3, -0.25) is 0 Å². The van der Waals surface area contributed by atoms with Crippen LogP contribution in [0, 0.1) is 5.92 Å². The van der Waals surface area contributed by atoms with Crippen molar-refractivity contribution >= 4 is 0 Å². The Bertz CT molecular complexity index is 180. The molecule has 2 heterocycles. The average Bonchev–Trinajstić information content (AvgIpc) is 2.64. The standard InChI is InChI=1S/C11H22N2O/c1-9-7-13(5-4-11(9)12)8-10-3-2-6-14-10/h9-11H,2-8,12H2,1H3. The number of likely N-dealkylation sites (tertiary alicyclic amines) is 1. The monoisotopic (exact) mass is 198 g/mol. The van der Waals surface area contributed by atoms with E-state index >= 15 is 0 Å². The molecule has 0 aliphatic carbocycles. The number of piperidine rings is 1. The molecule has 0 spiro atoms. The normalized spacial score (nSPS) is 40.3. The summed E-state index contributed by atoms with van der Waals surface area (Å²) in [6.07, 6.45) is 4.13. The zero-order valence-electron chi connectivity index (χ0n) is 9.11. The second-order valence-electron chi connectivity index (χ2n) is 4.82. The molecule has 3 unspecified atom stereocenters. The van der Waals surface area contributed by atoms with Gasteiger partial charge in [0.2, 0.25) is 0 Å². The molecule has 0 radical (unpaired) electrons. The van der Waals surface area contributed by atoms with Crippen LogP contribution in [-0.2, 0) is 4.74 Å². The van der Waals surface area contributed by atoms with Gasteiger partial charge < -0.3 is 15.4 Å². The third kappa shape index (κ3) is 2.47. The van der Waals surface area contributed by atoms with Crippen LogP contribution in [0.15, 0.2) is 0 Å². The summed E-state index contributed by atoms with van der Waals surface area (Å²) in [6.45, 7) is 6.66. The fraction of sp³-hybridized carbons (Fsp3) is 1.00. The molecule has 14 heavy (non-hydrogen) atoms. The molecule has 0 aromatic rings. The highest BCUT2D eigenvalue weighted by Gasteiger charge is 2.26. The Labute approximate surface area is 86.6 Å². The lowest BCUT2D eigenvalue weighted by atomic mass is 9.94. The van der Waals surface area contributed by atoms with Gasteiger partial charge in [0, 0.05) is 25.7 Å². The molecule has 0 bridgehead atoms. The van der Waals surface area contributed by atoms with E-state index in [-0.39, 0.29) is 0 Å². The van der Waals surface area contributed by atoms with Crippen molar-refractivity contribution in [3.05, 3.63) is 0 Å². The molecule has 3 heteroatoms. The van der Waals surface area contributed by atoms with Crippen LogP contribution in [0.2, 0.25) is 0 Å². The van der Waals surface area contributed by atoms with E-state index in [0.29, 0.717) is 18.1 Å². The Hall–Kier alpha value is -0.120. The van der Waals surface area contributed by atoms with Crippen molar-refractivity contribution in [1.29, 1.82) is 0 Å². The Morgan fingerprint density at radius 2 is 2.29 bits per heavy atom. The third-order valence-electron chi connectivity index (χ3n) is 3.54. The lowest BCUT2D eigenvalue weighted by molar-refractivity contribution is 0.0548. The van der Waals surface area contributed by atoms with Crippen molar-refractivity contribution in [2.24, 2.45) is 11.7 Å². The number of nitrogens with zero attached hydrogens (tertiary/aromatic N) is 1. The van der Waals surface area contributed by atoms with Crippen molar-refractivity contribution in [3.8, 4) is 0 Å². The summed E-state index contributed by atoms with van der Waals surface area (Å²) in [5, 5.41) is 0. The first-order valence-corrected chi connectivity index (χ1v) is 5.85. The number of hydrogen-bond acceptors (Lipinski definition) is 3. The van der Waals surface area contributed by atoms with E-state index in [2.05, 4.69) is 11.8 Å². The van der Waals surface area contributed by atoms with Crippen molar-refractivity contribution in [2.75, 3.05) is 26.2 Å². The Morgan fingerprint density at radius 1 is 1.43 bits per heavy atom. The van der Waals surface area contributed by atoms with Crippen molar-refractivity contribution in [1.82, 2.24) is 4.90 Å². The van der Waals surface area contributed by atoms with Crippen LogP contribution in [0.25, 0.3) is 0 Å². The van der Waals surface area contributed by atoms with Gasteiger partial charge in [0.1, 0.15) is 0 Å². The van der Waals surface area contributed by atoms with Crippen LogP contribution in [0.3, 0.4) is 0 Å². The molecule has 2 saturated heterocycles. The third-order valence-corrected chi connectivity index (χ3v) is 3.54. The van der Waals surface area contributed by atoms with E-state index in [1.165, 1.54) is 12.8 Å². The van der Waals surface area contributed by atoms with Crippen LogP contribution < -0.4 is 5.73 Å². The minimum absolute atomic E-state index is 0.413. The lowest BCUT2D eigenvalue weighted by Crippen LogP contribution is -2.47. The van der Waals surface area contributed by atoms with Gasteiger partial charge >= 0.3 is 0 Å². The first-order valence-electron chi connectivity index (χ1n) is 5.85. The summed E-state index contributed by atoms with van der Waals surface area (Å²) >= 11 is 0. The van der Waals surface area contributed by atoms with E-state index in [4.69, 9.17) is 10.5 Å². The van der Waals surface area contributed by atoms with Gasteiger partial charge in [0.25, 0.3) is 0 Å². The van der Waals surface area contributed by atoms with Crippen molar-refractivity contribution < 1.29 is 4.74 Å². The SMILES string of the molecule is CC1CN(CC2CCCO2)CCC1N. The predicted molar refractivity (Wildman–Crippen MR) is 57.2 cm³/mol. The molecule has 3 nitrogen and oxygen atoms in total. The summed E-state index contributed by atoms with van der Waals surface area (Å²) in [6, 6.07) is 0.413. The van der Waals surface area contributed by atoms with Crippen LogP contribution in [0.1, 0.15) is 26.2 Å². The van der Waals surface area contributed by atoms with Crippen molar-refractivity contribution in [2.45, 2.75) is 38.3 Å². The minimum atomic E-state index is 0.413. The Morgan fingerprint density at radius 3 is 2.93 bits per heavy atom. The second kappa shape index (κ2) is 4.60. The zero-order chi connectivity index (χ0) is 9.97. The Balaban J connectivity index is 1.75. The summed E-state index contributed by atoms with van der Waals surface area (Å²) < 4.78 is 5.64. The maximum absolute atomic E-state index is 5.99. The molecule has 82 valence electrons. The van der Waals surface area contributed by atoms with Gasteiger partial charge in [-0.2, -0.15) is 0 Å². The molecule has 2 rings (SSSR count). The highest BCUT2D eigenvalue weighted by molar-refractivity contribution is 4.82. The van der Waals surface area contributed by atoms with Gasteiger partial charge in [-0.1, -0.05) is 6.92 Å². The summed E-state index contributed by atoms with van der Waals surface area (Å²) in [5.41, 5.74) is 5.99. The summed E-state index contributed by atoms with van der Waals surface area (Å²) in [5.74, 6) is 0.644. The van der Waals surface area contributed by atoms with E-state index in [0.717, 1.165) is 32.7 Å². The van der Waals surface area contributed by atoms with Crippen LogP contribution >= 0.6 is 0 Å². The first kappa shape index (κ1) is 10.4. The molecule has 0 aromatic carbocycles. The smallest absolute Gasteiger partial charge is 0.0702 e. The maximum atomic E-state index is 5.99. The predicted octanol–water partition coefficient (Wildman–Crippen LogP) is 0.835. The van der Waals surface area contributed by atoms with E-state index < -0.39 is 0 Å². The molecular formula is C11H22N2O. The molecule has 0 saturated carbocycles. The topological polar surface area (TPSA) is 38.5 Å². The molecular weight excluding hydrogens is 176 g/mol. The van der Waals surface area contributed by atoms with Crippen LogP contribution in [-0.4, -0.2) is 43.3 Å². The fourth-order valence-electron chi connectivity index (χ4n) is 2.49. The number of ether oxygens (including phenoxy) is 1. The maximum Gasteiger partial charge on any atom is 0.0702 e. The van der Waals surface area contributed by atoms with E-state index in [1.807, 2.05) is 0 Å². The average molecular weight is 198 g/mol. The van der Waals surface area contributed by atoms with Crippen molar-refractivity contribution in [3.63, 3.8) is 0 Å².